The second-order valence-electron chi connectivity index (χ2n) is 9.05. The number of nitrogens with zero attached hydrogens (tertiary/aromatic N) is 3. The molecular formula is C29H28F3N3O4. The minimum absolute atomic E-state index is 0.0421. The molecule has 0 aliphatic heterocycles. The number of amides is 1. The van der Waals surface area contributed by atoms with Crippen LogP contribution in [-0.2, 0) is 10.9 Å². The van der Waals surface area contributed by atoms with Crippen LogP contribution in [0.3, 0.4) is 0 Å². The molecule has 0 saturated carbocycles. The van der Waals surface area contributed by atoms with Crippen molar-refractivity contribution in [1.29, 1.82) is 0 Å². The number of halogens is 3. The van der Waals surface area contributed by atoms with Gasteiger partial charge in [0, 0.05) is 19.2 Å². The predicted molar refractivity (Wildman–Crippen MR) is 141 cm³/mol. The lowest BCUT2D eigenvalue weighted by Gasteiger charge is -2.31. The summed E-state index contributed by atoms with van der Waals surface area (Å²) in [6, 6.07) is 15.6. The fourth-order valence-corrected chi connectivity index (χ4v) is 4.43. The van der Waals surface area contributed by atoms with E-state index < -0.39 is 23.7 Å². The highest BCUT2D eigenvalue weighted by atomic mass is 19.4. The molecule has 0 N–H and O–H groups in total. The fraction of sp³-hybridized carbons (Fsp3) is 0.276. The van der Waals surface area contributed by atoms with Crippen molar-refractivity contribution in [1.82, 2.24) is 14.5 Å². The Hall–Kier alpha value is -4.18. The molecular weight excluding hydrogens is 511 g/mol. The fourth-order valence-electron chi connectivity index (χ4n) is 4.43. The Morgan fingerprint density at radius 3 is 2.49 bits per heavy atom. The van der Waals surface area contributed by atoms with E-state index >= 15 is 0 Å². The van der Waals surface area contributed by atoms with Crippen LogP contribution in [0, 0.1) is 6.92 Å². The van der Waals surface area contributed by atoms with Gasteiger partial charge < -0.3 is 14.4 Å². The molecule has 0 fully saturated rings. The summed E-state index contributed by atoms with van der Waals surface area (Å²) >= 11 is 0. The summed E-state index contributed by atoms with van der Waals surface area (Å²) in [6.45, 7) is 3.70. The number of hydrogen-bond acceptors (Lipinski definition) is 5. The van der Waals surface area contributed by atoms with E-state index in [1.165, 1.54) is 35.8 Å². The normalized spacial score (nSPS) is 12.4. The van der Waals surface area contributed by atoms with Crippen molar-refractivity contribution in [2.24, 2.45) is 0 Å². The third-order valence-electron chi connectivity index (χ3n) is 6.45. The third-order valence-corrected chi connectivity index (χ3v) is 6.45. The number of ether oxygens (including phenoxy) is 2. The zero-order chi connectivity index (χ0) is 28.3. The van der Waals surface area contributed by atoms with Crippen molar-refractivity contribution in [2.45, 2.75) is 26.1 Å². The standard InChI is InChI=1S/C29H28F3N3O4/c1-18-12-13-25(39-4)24(16-18)35-26(33-23-11-6-5-10-22(23)28(35)37)19(2)34(14-15-38-3)27(36)20-8-7-9-21(17-20)29(30,31)32/h5-13,16-17,19H,14-15H2,1-4H3. The zero-order valence-electron chi connectivity index (χ0n) is 22.0. The van der Waals surface area contributed by atoms with Gasteiger partial charge in [-0.1, -0.05) is 24.3 Å². The number of carbonyl (C=O) groups excluding carboxylic acids is 1. The molecule has 0 spiro atoms. The summed E-state index contributed by atoms with van der Waals surface area (Å²) in [4.78, 5) is 33.7. The Morgan fingerprint density at radius 2 is 1.79 bits per heavy atom. The number of aromatic nitrogens is 2. The molecule has 1 unspecified atom stereocenters. The van der Waals surface area contributed by atoms with Gasteiger partial charge in [-0.05, 0) is 61.9 Å². The molecule has 4 aromatic rings. The number of fused-ring (bicyclic) bond motifs is 1. The average Bonchev–Trinajstić information content (AvgIpc) is 2.92. The van der Waals surface area contributed by atoms with Crippen LogP contribution in [-0.4, -0.2) is 47.7 Å². The molecule has 204 valence electrons. The van der Waals surface area contributed by atoms with Crippen LogP contribution < -0.4 is 10.3 Å². The molecule has 0 saturated heterocycles. The van der Waals surface area contributed by atoms with E-state index in [9.17, 15) is 22.8 Å². The topological polar surface area (TPSA) is 73.7 Å². The lowest BCUT2D eigenvalue weighted by molar-refractivity contribution is -0.137. The Balaban J connectivity index is 1.93. The Bertz CT molecular complexity index is 1570. The van der Waals surface area contributed by atoms with Crippen LogP contribution in [0.25, 0.3) is 16.6 Å². The van der Waals surface area contributed by atoms with Crippen molar-refractivity contribution >= 4 is 16.8 Å². The van der Waals surface area contributed by atoms with Crippen LogP contribution >= 0.6 is 0 Å². The quantitative estimate of drug-likeness (QED) is 0.293. The molecule has 0 aliphatic rings. The smallest absolute Gasteiger partial charge is 0.416 e. The Morgan fingerprint density at radius 1 is 1.05 bits per heavy atom. The first-order valence-corrected chi connectivity index (χ1v) is 12.2. The summed E-state index contributed by atoms with van der Waals surface area (Å²) in [5, 5.41) is 0.365. The summed E-state index contributed by atoms with van der Waals surface area (Å²) in [5.41, 5.74) is 0.269. The number of methoxy groups -OCH3 is 2. The molecule has 3 aromatic carbocycles. The van der Waals surface area contributed by atoms with Crippen molar-refractivity contribution in [2.75, 3.05) is 27.4 Å². The van der Waals surface area contributed by atoms with Crippen LogP contribution in [0.15, 0.2) is 71.5 Å². The third kappa shape index (κ3) is 5.65. The maximum Gasteiger partial charge on any atom is 0.416 e. The van der Waals surface area contributed by atoms with E-state index in [1.807, 2.05) is 13.0 Å². The summed E-state index contributed by atoms with van der Waals surface area (Å²) in [6.07, 6.45) is -4.61. The monoisotopic (exact) mass is 539 g/mol. The molecule has 4 rings (SSSR count). The van der Waals surface area contributed by atoms with E-state index in [0.717, 1.165) is 17.7 Å². The van der Waals surface area contributed by atoms with Gasteiger partial charge in [0.25, 0.3) is 11.5 Å². The molecule has 1 aromatic heterocycles. The predicted octanol–water partition coefficient (Wildman–Crippen LogP) is 5.57. The summed E-state index contributed by atoms with van der Waals surface area (Å²) < 4.78 is 52.3. The second kappa shape index (κ2) is 11.3. The minimum atomic E-state index is -4.61. The van der Waals surface area contributed by atoms with Gasteiger partial charge in [-0.15, -0.1) is 0 Å². The summed E-state index contributed by atoms with van der Waals surface area (Å²) in [7, 11) is 2.94. The SMILES string of the molecule is COCCN(C(=O)c1cccc(C(F)(F)F)c1)C(C)c1nc2ccccc2c(=O)n1-c1cc(C)ccc1OC. The Kier molecular flexibility index (Phi) is 8.06. The van der Waals surface area contributed by atoms with Crippen LogP contribution in [0.1, 0.15) is 40.3 Å². The first-order valence-electron chi connectivity index (χ1n) is 12.2. The lowest BCUT2D eigenvalue weighted by Crippen LogP contribution is -2.39. The van der Waals surface area contributed by atoms with Crippen LogP contribution in [0.5, 0.6) is 5.75 Å². The van der Waals surface area contributed by atoms with Gasteiger partial charge in [0.05, 0.1) is 41.9 Å². The van der Waals surface area contributed by atoms with Crippen LogP contribution in [0.2, 0.25) is 0 Å². The zero-order valence-corrected chi connectivity index (χ0v) is 22.0. The largest absolute Gasteiger partial charge is 0.495 e. The molecule has 1 amide bonds. The molecule has 0 aliphatic carbocycles. The second-order valence-corrected chi connectivity index (χ2v) is 9.05. The number of para-hydroxylation sites is 1. The number of aryl methyl sites for hydroxylation is 1. The van der Waals surface area contributed by atoms with Crippen molar-refractivity contribution in [3.8, 4) is 11.4 Å². The summed E-state index contributed by atoms with van der Waals surface area (Å²) in [5.74, 6) is -0.0179. The maximum absolute atomic E-state index is 13.9. The molecule has 10 heteroatoms. The Labute approximate surface area is 223 Å². The van der Waals surface area contributed by atoms with E-state index in [2.05, 4.69) is 0 Å². The van der Waals surface area contributed by atoms with E-state index in [1.54, 1.807) is 43.3 Å². The maximum atomic E-state index is 13.9. The van der Waals surface area contributed by atoms with E-state index in [4.69, 9.17) is 14.5 Å². The van der Waals surface area contributed by atoms with E-state index in [-0.39, 0.29) is 30.1 Å². The highest BCUT2D eigenvalue weighted by Gasteiger charge is 2.33. The highest BCUT2D eigenvalue weighted by Crippen LogP contribution is 2.32. The lowest BCUT2D eigenvalue weighted by atomic mass is 10.1. The number of carbonyl (C=O) groups is 1. The average molecular weight is 540 g/mol. The van der Waals surface area contributed by atoms with Gasteiger partial charge in [-0.3, -0.25) is 14.2 Å². The highest BCUT2D eigenvalue weighted by molar-refractivity contribution is 5.94. The van der Waals surface area contributed by atoms with Crippen LogP contribution in [0.4, 0.5) is 13.2 Å². The molecule has 39 heavy (non-hydrogen) atoms. The molecule has 1 atom stereocenters. The van der Waals surface area contributed by atoms with Gasteiger partial charge in [-0.25, -0.2) is 4.98 Å². The number of rotatable bonds is 8. The molecule has 0 radical (unpaired) electrons. The van der Waals surface area contributed by atoms with Crippen molar-refractivity contribution in [3.05, 3.63) is 99.6 Å². The van der Waals surface area contributed by atoms with Gasteiger partial charge >= 0.3 is 6.18 Å². The molecule has 1 heterocycles. The van der Waals surface area contributed by atoms with Gasteiger partial charge in [-0.2, -0.15) is 13.2 Å². The van der Waals surface area contributed by atoms with Crippen molar-refractivity contribution < 1.29 is 27.4 Å². The number of hydrogen-bond donors (Lipinski definition) is 0. The van der Waals surface area contributed by atoms with Gasteiger partial charge in [0.1, 0.15) is 11.6 Å². The minimum Gasteiger partial charge on any atom is -0.495 e. The first kappa shape index (κ1) is 27.8. The molecule has 0 bridgehead atoms. The van der Waals surface area contributed by atoms with E-state index in [0.29, 0.717) is 22.3 Å². The van der Waals surface area contributed by atoms with Gasteiger partial charge in [0.15, 0.2) is 0 Å². The molecule has 7 nitrogen and oxygen atoms in total. The van der Waals surface area contributed by atoms with Crippen molar-refractivity contribution in [3.63, 3.8) is 0 Å². The number of alkyl halides is 3. The van der Waals surface area contributed by atoms with Gasteiger partial charge in [0.2, 0.25) is 0 Å². The number of benzene rings is 3. The first-order chi connectivity index (χ1) is 18.6.